The second-order valence-corrected chi connectivity index (χ2v) is 8.37. The summed E-state index contributed by atoms with van der Waals surface area (Å²) in [5.41, 5.74) is 8.53. The lowest BCUT2D eigenvalue weighted by molar-refractivity contribution is -0.131. The van der Waals surface area contributed by atoms with Crippen molar-refractivity contribution >= 4 is 5.91 Å². The van der Waals surface area contributed by atoms with E-state index in [4.69, 9.17) is 10.5 Å². The van der Waals surface area contributed by atoms with Crippen molar-refractivity contribution in [2.45, 2.75) is 76.0 Å². The van der Waals surface area contributed by atoms with E-state index in [1.807, 2.05) is 0 Å². The van der Waals surface area contributed by atoms with Gasteiger partial charge in [0.2, 0.25) is 5.91 Å². The number of unbranched alkanes of at least 4 members (excludes halogenated alkanes) is 1. The fraction of sp³-hybridized carbons (Fsp3) is 0.682. The Balaban J connectivity index is 1.37. The molecule has 0 spiro atoms. The monoisotopic (exact) mass is 371 g/mol. The average Bonchev–Trinajstić information content (AvgIpc) is 3.21. The maximum absolute atomic E-state index is 13.0. The molecule has 2 fully saturated rings. The van der Waals surface area contributed by atoms with E-state index in [1.165, 1.54) is 30.4 Å². The van der Waals surface area contributed by atoms with Crippen LogP contribution in [-0.2, 0) is 17.6 Å². The van der Waals surface area contributed by atoms with Crippen LogP contribution in [0.3, 0.4) is 0 Å². The third-order valence-corrected chi connectivity index (χ3v) is 6.67. The van der Waals surface area contributed by atoms with Crippen molar-refractivity contribution in [3.05, 3.63) is 29.3 Å². The Labute approximate surface area is 162 Å². The third-order valence-electron chi connectivity index (χ3n) is 6.67. The van der Waals surface area contributed by atoms with Crippen molar-refractivity contribution in [2.75, 3.05) is 20.2 Å². The van der Waals surface area contributed by atoms with Gasteiger partial charge in [0, 0.05) is 0 Å². The van der Waals surface area contributed by atoms with E-state index < -0.39 is 0 Å². The summed E-state index contributed by atoms with van der Waals surface area (Å²) in [5.74, 6) is 1.25. The number of benzene rings is 1. The number of hydrogen-bond donors (Lipinski definition) is 1. The maximum Gasteiger partial charge on any atom is 0.241 e. The van der Waals surface area contributed by atoms with E-state index in [-0.39, 0.29) is 24.2 Å². The van der Waals surface area contributed by atoms with Crippen LogP contribution in [0.1, 0.15) is 56.1 Å². The molecule has 1 amide bonds. The predicted molar refractivity (Wildman–Crippen MR) is 107 cm³/mol. The first kappa shape index (κ1) is 18.8. The SMILES string of the molecule is CN1C2CC[C@H](COc3ccc4c(c3)CCCC4)N2C(=O)[C@@H]1CCCCN. The molecule has 1 aromatic carbocycles. The van der Waals surface area contributed by atoms with Gasteiger partial charge in [0.05, 0.1) is 18.2 Å². The number of fused-ring (bicyclic) bond motifs is 2. The summed E-state index contributed by atoms with van der Waals surface area (Å²) in [6.45, 7) is 1.30. The smallest absolute Gasteiger partial charge is 0.241 e. The highest BCUT2D eigenvalue weighted by Gasteiger charge is 2.49. The molecule has 1 aliphatic carbocycles. The fourth-order valence-electron chi connectivity index (χ4n) is 5.11. The number of aryl methyl sites for hydroxylation is 2. The molecule has 3 atom stereocenters. The van der Waals surface area contributed by atoms with E-state index >= 15 is 0 Å². The number of likely N-dealkylation sites (N-methyl/N-ethyl adjacent to an activating group) is 1. The number of hydrogen-bond acceptors (Lipinski definition) is 4. The van der Waals surface area contributed by atoms with E-state index in [2.05, 4.69) is 35.0 Å². The molecule has 1 unspecified atom stereocenters. The van der Waals surface area contributed by atoms with E-state index in [9.17, 15) is 4.79 Å². The van der Waals surface area contributed by atoms with Gasteiger partial charge >= 0.3 is 0 Å². The first-order valence-corrected chi connectivity index (χ1v) is 10.7. The second kappa shape index (κ2) is 8.19. The first-order chi connectivity index (χ1) is 13.2. The summed E-state index contributed by atoms with van der Waals surface area (Å²) in [6, 6.07) is 6.76. The zero-order valence-electron chi connectivity index (χ0n) is 16.5. The van der Waals surface area contributed by atoms with Gasteiger partial charge in [-0.1, -0.05) is 12.5 Å². The van der Waals surface area contributed by atoms with Gasteiger partial charge < -0.3 is 15.4 Å². The molecule has 2 N–H and O–H groups in total. The lowest BCUT2D eigenvalue weighted by atomic mass is 9.92. The molecule has 0 bridgehead atoms. The van der Waals surface area contributed by atoms with Gasteiger partial charge in [-0.25, -0.2) is 0 Å². The van der Waals surface area contributed by atoms with Crippen molar-refractivity contribution in [2.24, 2.45) is 5.73 Å². The molecule has 1 aromatic rings. The number of nitrogens with zero attached hydrogens (tertiary/aromatic N) is 2. The first-order valence-electron chi connectivity index (χ1n) is 10.7. The molecule has 2 aliphatic heterocycles. The summed E-state index contributed by atoms with van der Waals surface area (Å²) in [4.78, 5) is 17.4. The van der Waals surface area contributed by atoms with Crippen LogP contribution in [-0.4, -0.2) is 54.2 Å². The van der Waals surface area contributed by atoms with Crippen LogP contribution >= 0.6 is 0 Å². The van der Waals surface area contributed by atoms with E-state index in [0.717, 1.165) is 44.3 Å². The Morgan fingerprint density at radius 2 is 1.96 bits per heavy atom. The number of nitrogens with two attached hydrogens (primary N) is 1. The summed E-state index contributed by atoms with van der Waals surface area (Å²) in [5, 5.41) is 0. The molecule has 27 heavy (non-hydrogen) atoms. The minimum absolute atomic E-state index is 0.0214. The third kappa shape index (κ3) is 3.72. The van der Waals surface area contributed by atoms with E-state index in [0.29, 0.717) is 13.2 Å². The molecule has 0 aromatic heterocycles. The minimum atomic E-state index is 0.0214. The summed E-state index contributed by atoms with van der Waals surface area (Å²) in [6.07, 6.45) is 10.2. The quantitative estimate of drug-likeness (QED) is 0.749. The summed E-state index contributed by atoms with van der Waals surface area (Å²) in [7, 11) is 2.10. The van der Waals surface area contributed by atoms with Crippen LogP contribution in [0.25, 0.3) is 0 Å². The van der Waals surface area contributed by atoms with Gasteiger partial charge in [-0.15, -0.1) is 0 Å². The Hall–Kier alpha value is -1.59. The van der Waals surface area contributed by atoms with Crippen LogP contribution in [0.4, 0.5) is 0 Å². The molecule has 5 heteroatoms. The lowest BCUT2D eigenvalue weighted by Crippen LogP contribution is -2.40. The Morgan fingerprint density at radius 1 is 1.15 bits per heavy atom. The van der Waals surface area contributed by atoms with Crippen LogP contribution in [0.15, 0.2) is 18.2 Å². The molecular formula is C22H33N3O2. The molecule has 4 rings (SSSR count). The number of carbonyl (C=O) groups is 1. The van der Waals surface area contributed by atoms with Gasteiger partial charge in [-0.05, 0) is 88.2 Å². The van der Waals surface area contributed by atoms with Crippen molar-refractivity contribution in [3.63, 3.8) is 0 Å². The van der Waals surface area contributed by atoms with Gasteiger partial charge in [0.15, 0.2) is 0 Å². The maximum atomic E-state index is 13.0. The van der Waals surface area contributed by atoms with E-state index in [1.54, 1.807) is 0 Å². The minimum Gasteiger partial charge on any atom is -0.491 e. The average molecular weight is 372 g/mol. The number of ether oxygens (including phenoxy) is 1. The number of carbonyl (C=O) groups excluding carboxylic acids is 1. The highest BCUT2D eigenvalue weighted by Crippen LogP contribution is 2.36. The molecule has 2 heterocycles. The highest BCUT2D eigenvalue weighted by atomic mass is 16.5. The predicted octanol–water partition coefficient (Wildman–Crippen LogP) is 2.70. The zero-order valence-corrected chi connectivity index (χ0v) is 16.5. The Morgan fingerprint density at radius 3 is 2.78 bits per heavy atom. The molecule has 0 radical (unpaired) electrons. The molecule has 3 aliphatic rings. The van der Waals surface area contributed by atoms with Crippen molar-refractivity contribution in [1.82, 2.24) is 9.80 Å². The standard InChI is InChI=1S/C22H33N3O2/c1-24-20(8-4-5-13-23)22(26)25-18(10-12-21(24)25)15-27-19-11-9-16-6-2-3-7-17(16)14-19/h9,11,14,18,20-21H,2-8,10,12-13,15,23H2,1H3/t18-,20+,21?/m1/s1. The summed E-state index contributed by atoms with van der Waals surface area (Å²) < 4.78 is 6.15. The Kier molecular flexibility index (Phi) is 5.69. The van der Waals surface area contributed by atoms with Gasteiger partial charge in [-0.3, -0.25) is 9.69 Å². The van der Waals surface area contributed by atoms with Crippen LogP contribution in [0.2, 0.25) is 0 Å². The second-order valence-electron chi connectivity index (χ2n) is 8.37. The normalized spacial score (nSPS) is 27.7. The molecular weight excluding hydrogens is 338 g/mol. The lowest BCUT2D eigenvalue weighted by Gasteiger charge is -2.25. The molecule has 148 valence electrons. The van der Waals surface area contributed by atoms with Gasteiger partial charge in [-0.2, -0.15) is 0 Å². The largest absolute Gasteiger partial charge is 0.491 e. The molecule has 5 nitrogen and oxygen atoms in total. The van der Waals surface area contributed by atoms with Gasteiger partial charge in [0.1, 0.15) is 12.4 Å². The van der Waals surface area contributed by atoms with Crippen molar-refractivity contribution in [1.29, 1.82) is 0 Å². The van der Waals surface area contributed by atoms with Crippen LogP contribution in [0.5, 0.6) is 5.75 Å². The van der Waals surface area contributed by atoms with Crippen LogP contribution < -0.4 is 10.5 Å². The summed E-state index contributed by atoms with van der Waals surface area (Å²) >= 11 is 0. The van der Waals surface area contributed by atoms with Crippen LogP contribution in [0, 0.1) is 0 Å². The number of amides is 1. The van der Waals surface area contributed by atoms with Gasteiger partial charge in [0.25, 0.3) is 0 Å². The molecule has 0 saturated carbocycles. The fourth-order valence-corrected chi connectivity index (χ4v) is 5.11. The highest BCUT2D eigenvalue weighted by molar-refractivity contribution is 5.85. The molecule has 2 saturated heterocycles. The van der Waals surface area contributed by atoms with Crippen molar-refractivity contribution < 1.29 is 9.53 Å². The number of rotatable bonds is 7. The topological polar surface area (TPSA) is 58.8 Å². The van der Waals surface area contributed by atoms with Crippen molar-refractivity contribution in [3.8, 4) is 5.75 Å². The Bertz CT molecular complexity index is 678. The zero-order chi connectivity index (χ0) is 18.8.